The monoisotopic (exact) mass is 251 g/mol. The van der Waals surface area contributed by atoms with E-state index >= 15 is 0 Å². The van der Waals surface area contributed by atoms with Crippen molar-refractivity contribution in [2.75, 3.05) is 11.1 Å². The van der Waals surface area contributed by atoms with E-state index in [-0.39, 0.29) is 11.7 Å². The standard InChI is InChI=1S/C12H13NO3S/c1-2-9(14)12(16)7-3-4-10-8(5-7)13-11(15)6-17-10/h3-5,12,16H,2,6H2,1H3,(H,13,15). The first-order valence-electron chi connectivity index (χ1n) is 5.39. The highest BCUT2D eigenvalue weighted by molar-refractivity contribution is 8.00. The number of hydrogen-bond donors (Lipinski definition) is 2. The van der Waals surface area contributed by atoms with Crippen LogP contribution in [0.4, 0.5) is 5.69 Å². The van der Waals surface area contributed by atoms with E-state index in [4.69, 9.17) is 0 Å². The van der Waals surface area contributed by atoms with Crippen LogP contribution < -0.4 is 5.32 Å². The molecule has 1 atom stereocenters. The van der Waals surface area contributed by atoms with Crippen LogP contribution in [0.5, 0.6) is 0 Å². The normalized spacial score (nSPS) is 16.0. The molecule has 0 fully saturated rings. The molecular weight excluding hydrogens is 238 g/mol. The number of benzene rings is 1. The Hall–Kier alpha value is -1.33. The van der Waals surface area contributed by atoms with Crippen LogP contribution in [-0.4, -0.2) is 22.5 Å². The summed E-state index contributed by atoms with van der Waals surface area (Å²) in [6.07, 6.45) is -0.812. The van der Waals surface area contributed by atoms with Crippen molar-refractivity contribution in [2.24, 2.45) is 0 Å². The van der Waals surface area contributed by atoms with Gasteiger partial charge in [-0.05, 0) is 17.7 Å². The van der Waals surface area contributed by atoms with E-state index in [1.54, 1.807) is 19.1 Å². The van der Waals surface area contributed by atoms with Gasteiger partial charge in [0.2, 0.25) is 5.91 Å². The van der Waals surface area contributed by atoms with Gasteiger partial charge >= 0.3 is 0 Å². The van der Waals surface area contributed by atoms with Crippen molar-refractivity contribution < 1.29 is 14.7 Å². The number of ketones is 1. The highest BCUT2D eigenvalue weighted by Gasteiger charge is 2.20. The van der Waals surface area contributed by atoms with E-state index in [0.717, 1.165) is 4.90 Å². The largest absolute Gasteiger partial charge is 0.381 e. The van der Waals surface area contributed by atoms with Crippen molar-refractivity contribution in [3.8, 4) is 0 Å². The Bertz CT molecular complexity index is 473. The van der Waals surface area contributed by atoms with E-state index in [1.807, 2.05) is 6.07 Å². The second-order valence-electron chi connectivity index (χ2n) is 3.81. The summed E-state index contributed by atoms with van der Waals surface area (Å²) in [6.45, 7) is 1.71. The molecule has 1 aliphatic rings. The molecule has 1 unspecified atom stereocenters. The van der Waals surface area contributed by atoms with E-state index in [0.29, 0.717) is 23.4 Å². The Labute approximate surface area is 103 Å². The van der Waals surface area contributed by atoms with Gasteiger partial charge in [-0.3, -0.25) is 9.59 Å². The first-order chi connectivity index (χ1) is 8.11. The van der Waals surface area contributed by atoms with Gasteiger partial charge in [0.25, 0.3) is 0 Å². The van der Waals surface area contributed by atoms with Crippen LogP contribution in [0.3, 0.4) is 0 Å². The Kier molecular flexibility index (Phi) is 3.49. The predicted octanol–water partition coefficient (Wildman–Crippen LogP) is 1.74. The Balaban J connectivity index is 2.29. The van der Waals surface area contributed by atoms with Gasteiger partial charge in [0.15, 0.2) is 5.78 Å². The van der Waals surface area contributed by atoms with Gasteiger partial charge in [0.05, 0.1) is 11.4 Å². The molecule has 0 bridgehead atoms. The molecule has 1 aromatic rings. The zero-order valence-electron chi connectivity index (χ0n) is 9.40. The van der Waals surface area contributed by atoms with Gasteiger partial charge < -0.3 is 10.4 Å². The number of thioether (sulfide) groups is 1. The number of rotatable bonds is 3. The summed E-state index contributed by atoms with van der Waals surface area (Å²) in [6, 6.07) is 5.21. The van der Waals surface area contributed by atoms with Crippen LogP contribution in [0, 0.1) is 0 Å². The van der Waals surface area contributed by atoms with Gasteiger partial charge in [-0.15, -0.1) is 11.8 Å². The molecule has 0 saturated carbocycles. The Morgan fingerprint density at radius 1 is 1.59 bits per heavy atom. The van der Waals surface area contributed by atoms with Crippen molar-refractivity contribution in [2.45, 2.75) is 24.3 Å². The lowest BCUT2D eigenvalue weighted by Gasteiger charge is -2.18. The number of Topliss-reactive ketones (excluding diaryl/α,β-unsaturated/α-hetero) is 1. The lowest BCUT2D eigenvalue weighted by molar-refractivity contribution is -0.127. The maximum absolute atomic E-state index is 11.4. The van der Waals surface area contributed by atoms with Crippen LogP contribution in [0.1, 0.15) is 25.0 Å². The molecular formula is C12H13NO3S. The molecule has 1 amide bonds. The minimum Gasteiger partial charge on any atom is -0.381 e. The molecule has 0 radical (unpaired) electrons. The number of amides is 1. The van der Waals surface area contributed by atoms with Crippen LogP contribution in [0.25, 0.3) is 0 Å². The zero-order valence-corrected chi connectivity index (χ0v) is 10.2. The number of hydrogen-bond acceptors (Lipinski definition) is 4. The van der Waals surface area contributed by atoms with E-state index < -0.39 is 6.10 Å². The SMILES string of the molecule is CCC(=O)C(O)c1ccc2c(c1)NC(=O)CS2. The van der Waals surface area contributed by atoms with Gasteiger partial charge in [-0.25, -0.2) is 0 Å². The maximum atomic E-state index is 11.4. The van der Waals surface area contributed by atoms with Gasteiger partial charge in [0, 0.05) is 11.3 Å². The van der Waals surface area contributed by atoms with Crippen molar-refractivity contribution in [1.29, 1.82) is 0 Å². The average molecular weight is 251 g/mol. The highest BCUT2D eigenvalue weighted by atomic mass is 32.2. The van der Waals surface area contributed by atoms with Crippen molar-refractivity contribution >= 4 is 29.1 Å². The fourth-order valence-electron chi connectivity index (χ4n) is 1.65. The third kappa shape index (κ3) is 2.50. The second-order valence-corrected chi connectivity index (χ2v) is 4.83. The number of fused-ring (bicyclic) bond motifs is 1. The third-order valence-electron chi connectivity index (χ3n) is 2.61. The summed E-state index contributed by atoms with van der Waals surface area (Å²) in [5, 5.41) is 12.5. The molecule has 0 aliphatic carbocycles. The van der Waals surface area contributed by atoms with Crippen molar-refractivity contribution in [1.82, 2.24) is 0 Å². The van der Waals surface area contributed by atoms with E-state index in [9.17, 15) is 14.7 Å². The molecule has 2 N–H and O–H groups in total. The lowest BCUT2D eigenvalue weighted by atomic mass is 10.0. The summed E-state index contributed by atoms with van der Waals surface area (Å²) in [7, 11) is 0. The van der Waals surface area contributed by atoms with E-state index in [1.165, 1.54) is 11.8 Å². The zero-order chi connectivity index (χ0) is 12.4. The summed E-state index contributed by atoms with van der Waals surface area (Å²) >= 11 is 1.45. The molecule has 5 heteroatoms. The second kappa shape index (κ2) is 4.89. The van der Waals surface area contributed by atoms with Gasteiger partial charge in [0.1, 0.15) is 6.10 Å². The third-order valence-corrected chi connectivity index (χ3v) is 3.68. The average Bonchev–Trinajstić information content (AvgIpc) is 2.36. The number of aliphatic hydroxyl groups excluding tert-OH is 1. The fraction of sp³-hybridized carbons (Fsp3) is 0.333. The fourth-order valence-corrected chi connectivity index (χ4v) is 2.44. The summed E-state index contributed by atoms with van der Waals surface area (Å²) in [4.78, 5) is 23.6. The molecule has 90 valence electrons. The van der Waals surface area contributed by atoms with Crippen molar-refractivity contribution in [3.63, 3.8) is 0 Å². The van der Waals surface area contributed by atoms with Crippen molar-refractivity contribution in [3.05, 3.63) is 23.8 Å². The summed E-state index contributed by atoms with van der Waals surface area (Å²) in [5.74, 6) is 0.124. The molecule has 1 aliphatic heterocycles. The number of anilines is 1. The molecule has 4 nitrogen and oxygen atoms in total. The van der Waals surface area contributed by atoms with Gasteiger partial charge in [-0.1, -0.05) is 13.0 Å². The first-order valence-corrected chi connectivity index (χ1v) is 6.37. The lowest BCUT2D eigenvalue weighted by Crippen LogP contribution is -2.19. The minimum atomic E-state index is -1.10. The van der Waals surface area contributed by atoms with Crippen LogP contribution >= 0.6 is 11.8 Å². The van der Waals surface area contributed by atoms with Crippen LogP contribution in [-0.2, 0) is 9.59 Å². The molecule has 1 aromatic carbocycles. The maximum Gasteiger partial charge on any atom is 0.234 e. The summed E-state index contributed by atoms with van der Waals surface area (Å²) in [5.41, 5.74) is 1.20. The number of nitrogens with one attached hydrogen (secondary N) is 1. The minimum absolute atomic E-state index is 0.0593. The first kappa shape index (κ1) is 12.1. The Morgan fingerprint density at radius 3 is 3.06 bits per heavy atom. The van der Waals surface area contributed by atoms with Gasteiger partial charge in [-0.2, -0.15) is 0 Å². The molecule has 0 saturated heterocycles. The smallest absolute Gasteiger partial charge is 0.234 e. The molecule has 0 spiro atoms. The number of aliphatic hydroxyl groups is 1. The Morgan fingerprint density at radius 2 is 2.35 bits per heavy atom. The highest BCUT2D eigenvalue weighted by Crippen LogP contribution is 2.33. The van der Waals surface area contributed by atoms with Crippen LogP contribution in [0.15, 0.2) is 23.1 Å². The number of carbonyl (C=O) groups excluding carboxylic acids is 2. The molecule has 2 rings (SSSR count). The molecule has 1 heterocycles. The molecule has 17 heavy (non-hydrogen) atoms. The topological polar surface area (TPSA) is 66.4 Å². The molecule has 0 aromatic heterocycles. The quantitative estimate of drug-likeness (QED) is 0.858. The van der Waals surface area contributed by atoms with E-state index in [2.05, 4.69) is 5.32 Å². The summed E-state index contributed by atoms with van der Waals surface area (Å²) < 4.78 is 0. The van der Waals surface area contributed by atoms with Crippen LogP contribution in [0.2, 0.25) is 0 Å². The predicted molar refractivity (Wildman–Crippen MR) is 66.1 cm³/mol. The number of carbonyl (C=O) groups is 2.